The minimum Gasteiger partial charge on any atom is -0.355 e. The highest BCUT2D eigenvalue weighted by molar-refractivity contribution is 5.00. The molecule has 2 atom stereocenters. The van der Waals surface area contributed by atoms with Crippen LogP contribution in [0.5, 0.6) is 0 Å². The van der Waals surface area contributed by atoms with Gasteiger partial charge in [-0.25, -0.2) is 0 Å². The average molecular weight is 168 g/mol. The van der Waals surface area contributed by atoms with E-state index in [4.69, 9.17) is 9.47 Å². The molecule has 0 aromatic rings. The fourth-order valence-electron chi connectivity index (χ4n) is 3.50. The van der Waals surface area contributed by atoms with E-state index in [0.29, 0.717) is 12.2 Å². The van der Waals surface area contributed by atoms with Gasteiger partial charge in [0.25, 0.3) is 0 Å². The van der Waals surface area contributed by atoms with Crippen molar-refractivity contribution in [2.75, 3.05) is 20.0 Å². The summed E-state index contributed by atoms with van der Waals surface area (Å²) in [7, 11) is 0. The molecule has 3 rings (SSSR count). The van der Waals surface area contributed by atoms with Gasteiger partial charge in [0, 0.05) is 5.41 Å². The Hall–Kier alpha value is -0.0800. The minimum atomic E-state index is 0.446. The maximum atomic E-state index is 5.44. The zero-order valence-corrected chi connectivity index (χ0v) is 7.42. The Bertz CT molecular complexity index is 184. The van der Waals surface area contributed by atoms with E-state index in [2.05, 4.69) is 0 Å². The maximum absolute atomic E-state index is 5.44. The summed E-state index contributed by atoms with van der Waals surface area (Å²) in [5, 5.41) is 0. The zero-order chi connectivity index (χ0) is 8.02. The van der Waals surface area contributed by atoms with Crippen LogP contribution in [0.3, 0.4) is 0 Å². The van der Waals surface area contributed by atoms with Crippen LogP contribution in [0.1, 0.15) is 25.7 Å². The normalized spacial score (nSPS) is 44.0. The van der Waals surface area contributed by atoms with Crippen LogP contribution in [0, 0.1) is 17.3 Å². The van der Waals surface area contributed by atoms with Crippen LogP contribution in [0.25, 0.3) is 0 Å². The van der Waals surface area contributed by atoms with E-state index < -0.39 is 0 Å². The van der Waals surface area contributed by atoms with Gasteiger partial charge < -0.3 is 9.47 Å². The lowest BCUT2D eigenvalue weighted by Crippen LogP contribution is -2.41. The molecule has 3 fully saturated rings. The SMILES string of the molecule is C1OCC2(CO1)CC1CCC2C1. The van der Waals surface area contributed by atoms with Gasteiger partial charge in [-0.1, -0.05) is 6.42 Å². The third-order valence-electron chi connectivity index (χ3n) is 4.05. The number of rotatable bonds is 0. The van der Waals surface area contributed by atoms with Crippen molar-refractivity contribution in [3.63, 3.8) is 0 Å². The Balaban J connectivity index is 1.81. The lowest BCUT2D eigenvalue weighted by Gasteiger charge is -2.40. The van der Waals surface area contributed by atoms with Gasteiger partial charge in [0.15, 0.2) is 0 Å². The smallest absolute Gasteiger partial charge is 0.146 e. The summed E-state index contributed by atoms with van der Waals surface area (Å²) in [6.45, 7) is 2.46. The molecule has 1 saturated heterocycles. The molecule has 2 unspecified atom stereocenters. The first-order chi connectivity index (χ1) is 5.89. The van der Waals surface area contributed by atoms with Crippen molar-refractivity contribution < 1.29 is 9.47 Å². The molecule has 3 aliphatic rings. The van der Waals surface area contributed by atoms with E-state index in [1.54, 1.807) is 0 Å². The number of fused-ring (bicyclic) bond motifs is 3. The number of hydrogen-bond acceptors (Lipinski definition) is 2. The van der Waals surface area contributed by atoms with Crippen molar-refractivity contribution in [3.8, 4) is 0 Å². The van der Waals surface area contributed by atoms with E-state index in [9.17, 15) is 0 Å². The summed E-state index contributed by atoms with van der Waals surface area (Å²) in [5.74, 6) is 1.92. The van der Waals surface area contributed by atoms with Crippen LogP contribution in [-0.2, 0) is 9.47 Å². The summed E-state index contributed by atoms with van der Waals surface area (Å²) in [5.41, 5.74) is 0.446. The second-order valence-corrected chi connectivity index (χ2v) is 4.76. The molecule has 0 N–H and O–H groups in total. The molecule has 2 heteroatoms. The fourth-order valence-corrected chi connectivity index (χ4v) is 3.50. The van der Waals surface area contributed by atoms with Crippen LogP contribution < -0.4 is 0 Å². The molecule has 2 aliphatic carbocycles. The van der Waals surface area contributed by atoms with Gasteiger partial charge in [0.05, 0.1) is 13.2 Å². The van der Waals surface area contributed by atoms with E-state index in [0.717, 1.165) is 25.0 Å². The van der Waals surface area contributed by atoms with Crippen LogP contribution >= 0.6 is 0 Å². The largest absolute Gasteiger partial charge is 0.355 e. The molecular weight excluding hydrogens is 152 g/mol. The third-order valence-corrected chi connectivity index (χ3v) is 4.05. The quantitative estimate of drug-likeness (QED) is 0.549. The molecular formula is C10H16O2. The van der Waals surface area contributed by atoms with Gasteiger partial charge in [-0.2, -0.15) is 0 Å². The first-order valence-corrected chi connectivity index (χ1v) is 5.05. The lowest BCUT2D eigenvalue weighted by atomic mass is 9.74. The van der Waals surface area contributed by atoms with Crippen LogP contribution in [0.15, 0.2) is 0 Å². The predicted molar refractivity (Wildman–Crippen MR) is 44.7 cm³/mol. The second-order valence-electron chi connectivity index (χ2n) is 4.76. The minimum absolute atomic E-state index is 0.446. The number of ether oxygens (including phenoxy) is 2. The van der Waals surface area contributed by atoms with Gasteiger partial charge in [0.1, 0.15) is 6.79 Å². The third kappa shape index (κ3) is 0.882. The molecule has 2 bridgehead atoms. The van der Waals surface area contributed by atoms with Crippen LogP contribution in [0.4, 0.5) is 0 Å². The highest BCUT2D eigenvalue weighted by Crippen LogP contribution is 2.56. The van der Waals surface area contributed by atoms with Crippen molar-refractivity contribution in [1.82, 2.24) is 0 Å². The molecule has 2 saturated carbocycles. The lowest BCUT2D eigenvalue weighted by molar-refractivity contribution is -0.179. The average Bonchev–Trinajstić information content (AvgIpc) is 2.65. The van der Waals surface area contributed by atoms with Gasteiger partial charge >= 0.3 is 0 Å². The first kappa shape index (κ1) is 7.34. The van der Waals surface area contributed by atoms with Gasteiger partial charge in [-0.15, -0.1) is 0 Å². The van der Waals surface area contributed by atoms with E-state index in [1.807, 2.05) is 0 Å². The Morgan fingerprint density at radius 1 is 1.08 bits per heavy atom. The molecule has 1 aliphatic heterocycles. The summed E-state index contributed by atoms with van der Waals surface area (Å²) in [6, 6.07) is 0. The standard InChI is InChI=1S/C10H16O2/c1-2-9-3-8(1)4-10(9)5-11-7-12-6-10/h8-9H,1-7H2. The van der Waals surface area contributed by atoms with Crippen molar-refractivity contribution in [1.29, 1.82) is 0 Å². The predicted octanol–water partition coefficient (Wildman–Crippen LogP) is 1.80. The Labute approximate surface area is 73.2 Å². The van der Waals surface area contributed by atoms with Crippen molar-refractivity contribution in [2.45, 2.75) is 25.7 Å². The van der Waals surface area contributed by atoms with Gasteiger partial charge in [-0.05, 0) is 31.1 Å². The summed E-state index contributed by atoms with van der Waals surface area (Å²) < 4.78 is 10.9. The molecule has 2 nitrogen and oxygen atoms in total. The van der Waals surface area contributed by atoms with Gasteiger partial charge in [-0.3, -0.25) is 0 Å². The highest BCUT2D eigenvalue weighted by Gasteiger charge is 2.52. The van der Waals surface area contributed by atoms with Crippen LogP contribution in [0.2, 0.25) is 0 Å². The van der Waals surface area contributed by atoms with E-state index in [-0.39, 0.29) is 0 Å². The molecule has 0 aromatic carbocycles. The molecule has 12 heavy (non-hydrogen) atoms. The number of hydrogen-bond donors (Lipinski definition) is 0. The molecule has 0 amide bonds. The topological polar surface area (TPSA) is 18.5 Å². The molecule has 1 heterocycles. The van der Waals surface area contributed by atoms with Crippen molar-refractivity contribution >= 4 is 0 Å². The van der Waals surface area contributed by atoms with Crippen molar-refractivity contribution in [2.24, 2.45) is 17.3 Å². The first-order valence-electron chi connectivity index (χ1n) is 5.05. The Morgan fingerprint density at radius 3 is 2.50 bits per heavy atom. The van der Waals surface area contributed by atoms with E-state index in [1.165, 1.54) is 25.7 Å². The molecule has 0 radical (unpaired) electrons. The Morgan fingerprint density at radius 2 is 1.92 bits per heavy atom. The summed E-state index contributed by atoms with van der Waals surface area (Å²) in [6.07, 6.45) is 5.72. The monoisotopic (exact) mass is 168 g/mol. The van der Waals surface area contributed by atoms with E-state index >= 15 is 0 Å². The molecule has 68 valence electrons. The molecule has 0 aromatic heterocycles. The highest BCUT2D eigenvalue weighted by atomic mass is 16.7. The fraction of sp³-hybridized carbons (Fsp3) is 1.00. The summed E-state index contributed by atoms with van der Waals surface area (Å²) in [4.78, 5) is 0. The maximum Gasteiger partial charge on any atom is 0.146 e. The zero-order valence-electron chi connectivity index (χ0n) is 7.42. The van der Waals surface area contributed by atoms with Crippen molar-refractivity contribution in [3.05, 3.63) is 0 Å². The van der Waals surface area contributed by atoms with Gasteiger partial charge in [0.2, 0.25) is 0 Å². The molecule has 1 spiro atoms. The Kier molecular flexibility index (Phi) is 1.50. The van der Waals surface area contributed by atoms with Crippen LogP contribution in [-0.4, -0.2) is 20.0 Å². The summed E-state index contributed by atoms with van der Waals surface area (Å²) >= 11 is 0. The second kappa shape index (κ2) is 2.46.